The second kappa shape index (κ2) is 9.36. The number of para-hydroxylation sites is 3. The topological polar surface area (TPSA) is 53.5 Å². The summed E-state index contributed by atoms with van der Waals surface area (Å²) in [6.45, 7) is 0. The van der Waals surface area contributed by atoms with E-state index < -0.39 is 0 Å². The molecule has 4 nitrogen and oxygen atoms in total. The summed E-state index contributed by atoms with van der Waals surface area (Å²) in [6, 6.07) is 28.0. The molecule has 5 heteroatoms. The molecule has 0 aliphatic heterocycles. The number of hydrogen-bond acceptors (Lipinski definition) is 3. The Labute approximate surface area is 163 Å². The van der Waals surface area contributed by atoms with Crippen LogP contribution in [0.5, 0.6) is 0 Å². The summed E-state index contributed by atoms with van der Waals surface area (Å²) in [4.78, 5) is 17.1. The van der Waals surface area contributed by atoms with Gasteiger partial charge in [-0.15, -0.1) is 0 Å². The summed E-state index contributed by atoms with van der Waals surface area (Å²) in [5.74, 6) is -0.352. The normalized spacial score (nSPS) is 11.7. The summed E-state index contributed by atoms with van der Waals surface area (Å²) < 4.78 is 0. The Morgan fingerprint density at radius 3 is 1.78 bits per heavy atom. The largest absolute Gasteiger partial charge is 0.350 e. The zero-order valence-electron chi connectivity index (χ0n) is 14.5. The van der Waals surface area contributed by atoms with E-state index in [0.717, 1.165) is 11.4 Å². The van der Waals surface area contributed by atoms with E-state index in [2.05, 4.69) is 15.6 Å². The van der Waals surface area contributed by atoms with Gasteiger partial charge in [-0.3, -0.25) is 9.79 Å². The minimum Gasteiger partial charge on any atom is -0.350 e. The van der Waals surface area contributed by atoms with Gasteiger partial charge in [0.15, 0.2) is 0 Å². The standard InChI is InChI=1S/C22H18ClN3O/c23-20(16-24-17-10-4-1-5-11-17)21(25-18-12-6-2-7-13-18)22(27)26-19-14-8-3-9-15-19/h1-16,25H,(H,26,27). The van der Waals surface area contributed by atoms with Crippen molar-refractivity contribution in [1.82, 2.24) is 0 Å². The van der Waals surface area contributed by atoms with Crippen LogP contribution >= 0.6 is 11.6 Å². The predicted molar refractivity (Wildman–Crippen MR) is 113 cm³/mol. The van der Waals surface area contributed by atoms with Crippen LogP contribution in [-0.4, -0.2) is 12.1 Å². The molecule has 0 aliphatic rings. The van der Waals surface area contributed by atoms with Gasteiger partial charge in [-0.1, -0.05) is 66.2 Å². The quantitative estimate of drug-likeness (QED) is 0.436. The summed E-state index contributed by atoms with van der Waals surface area (Å²) >= 11 is 6.41. The molecule has 0 saturated carbocycles. The molecule has 0 radical (unpaired) electrons. The minimum absolute atomic E-state index is 0.205. The van der Waals surface area contributed by atoms with Gasteiger partial charge in [0.1, 0.15) is 5.70 Å². The molecule has 134 valence electrons. The summed E-state index contributed by atoms with van der Waals surface area (Å²) in [7, 11) is 0. The van der Waals surface area contributed by atoms with E-state index in [0.29, 0.717) is 5.69 Å². The fraction of sp³-hybridized carbons (Fsp3) is 0. The van der Waals surface area contributed by atoms with Crippen molar-refractivity contribution >= 4 is 40.8 Å². The molecule has 3 rings (SSSR count). The van der Waals surface area contributed by atoms with Crippen molar-refractivity contribution in [2.45, 2.75) is 0 Å². The number of nitrogens with zero attached hydrogens (tertiary/aromatic N) is 1. The SMILES string of the molecule is O=C(Nc1ccccc1)C(Nc1ccccc1)=C(Cl)C=Nc1ccccc1. The highest BCUT2D eigenvalue weighted by Crippen LogP contribution is 2.18. The summed E-state index contributed by atoms with van der Waals surface area (Å²) in [6.07, 6.45) is 1.47. The highest BCUT2D eigenvalue weighted by Gasteiger charge is 2.14. The fourth-order valence-corrected chi connectivity index (χ4v) is 2.50. The molecule has 1 amide bonds. The number of hydrogen-bond donors (Lipinski definition) is 2. The van der Waals surface area contributed by atoms with Crippen LogP contribution in [0.2, 0.25) is 0 Å². The average Bonchev–Trinajstić information content (AvgIpc) is 2.72. The first-order valence-electron chi connectivity index (χ1n) is 8.40. The van der Waals surface area contributed by atoms with Gasteiger partial charge >= 0.3 is 0 Å². The molecule has 0 aromatic heterocycles. The maximum Gasteiger partial charge on any atom is 0.273 e. The van der Waals surface area contributed by atoms with Crippen molar-refractivity contribution in [3.8, 4) is 0 Å². The molecule has 3 aromatic carbocycles. The number of allylic oxidation sites excluding steroid dienone is 1. The lowest BCUT2D eigenvalue weighted by Crippen LogP contribution is -2.21. The van der Waals surface area contributed by atoms with Crippen LogP contribution in [0.25, 0.3) is 0 Å². The Hall–Kier alpha value is -3.37. The number of rotatable bonds is 6. The highest BCUT2D eigenvalue weighted by atomic mass is 35.5. The lowest BCUT2D eigenvalue weighted by Gasteiger charge is -2.12. The molecule has 0 fully saturated rings. The van der Waals surface area contributed by atoms with Crippen LogP contribution in [0, 0.1) is 0 Å². The first kappa shape index (κ1) is 18.4. The number of carbonyl (C=O) groups excluding carboxylic acids is 1. The molecular formula is C22H18ClN3O. The minimum atomic E-state index is -0.352. The predicted octanol–water partition coefficient (Wildman–Crippen LogP) is 5.59. The Morgan fingerprint density at radius 1 is 0.741 bits per heavy atom. The Bertz CT molecular complexity index is 939. The molecular weight excluding hydrogens is 358 g/mol. The number of aliphatic imine (C=N–C) groups is 1. The van der Waals surface area contributed by atoms with Gasteiger partial charge in [-0.25, -0.2) is 0 Å². The second-order valence-electron chi connectivity index (χ2n) is 5.63. The highest BCUT2D eigenvalue weighted by molar-refractivity contribution is 6.42. The number of halogens is 1. The first-order valence-corrected chi connectivity index (χ1v) is 8.77. The maximum absolute atomic E-state index is 12.8. The van der Waals surface area contributed by atoms with E-state index in [9.17, 15) is 4.79 Å². The monoisotopic (exact) mass is 375 g/mol. The second-order valence-corrected chi connectivity index (χ2v) is 6.04. The van der Waals surface area contributed by atoms with Gasteiger partial charge in [0.25, 0.3) is 5.91 Å². The van der Waals surface area contributed by atoms with Crippen LogP contribution < -0.4 is 10.6 Å². The number of nitrogens with one attached hydrogen (secondary N) is 2. The van der Waals surface area contributed by atoms with Crippen LogP contribution in [0.3, 0.4) is 0 Å². The molecule has 0 unspecified atom stereocenters. The number of carbonyl (C=O) groups is 1. The lowest BCUT2D eigenvalue weighted by atomic mass is 10.2. The zero-order chi connectivity index (χ0) is 18.9. The van der Waals surface area contributed by atoms with E-state index in [1.165, 1.54) is 6.21 Å². The zero-order valence-corrected chi connectivity index (χ0v) is 15.2. The van der Waals surface area contributed by atoms with Gasteiger partial charge in [0, 0.05) is 17.6 Å². The number of amides is 1. The Kier molecular flexibility index (Phi) is 6.39. The Morgan fingerprint density at radius 2 is 1.22 bits per heavy atom. The summed E-state index contributed by atoms with van der Waals surface area (Å²) in [5.41, 5.74) is 2.39. The molecule has 27 heavy (non-hydrogen) atoms. The molecule has 0 spiro atoms. The fourth-order valence-electron chi connectivity index (χ4n) is 2.32. The van der Waals surface area contributed by atoms with Gasteiger partial charge in [0.2, 0.25) is 0 Å². The number of anilines is 2. The maximum atomic E-state index is 12.8. The van der Waals surface area contributed by atoms with Gasteiger partial charge in [-0.2, -0.15) is 0 Å². The lowest BCUT2D eigenvalue weighted by molar-refractivity contribution is -0.112. The van der Waals surface area contributed by atoms with E-state index in [4.69, 9.17) is 11.6 Å². The van der Waals surface area contributed by atoms with Crippen molar-refractivity contribution in [3.63, 3.8) is 0 Å². The van der Waals surface area contributed by atoms with Crippen LogP contribution in [-0.2, 0) is 4.79 Å². The smallest absolute Gasteiger partial charge is 0.273 e. The third-order valence-electron chi connectivity index (χ3n) is 3.62. The van der Waals surface area contributed by atoms with Crippen LogP contribution in [0.4, 0.5) is 17.1 Å². The summed E-state index contributed by atoms with van der Waals surface area (Å²) in [5, 5.41) is 6.12. The van der Waals surface area contributed by atoms with Gasteiger partial charge in [-0.05, 0) is 36.4 Å². The van der Waals surface area contributed by atoms with E-state index in [-0.39, 0.29) is 16.6 Å². The van der Waals surface area contributed by atoms with E-state index >= 15 is 0 Å². The first-order chi connectivity index (χ1) is 13.2. The van der Waals surface area contributed by atoms with Gasteiger partial charge < -0.3 is 10.6 Å². The van der Waals surface area contributed by atoms with Crippen LogP contribution in [0.1, 0.15) is 0 Å². The third-order valence-corrected chi connectivity index (χ3v) is 3.91. The van der Waals surface area contributed by atoms with Crippen molar-refractivity contribution in [2.75, 3.05) is 10.6 Å². The average molecular weight is 376 g/mol. The van der Waals surface area contributed by atoms with Crippen LogP contribution in [0.15, 0.2) is 107 Å². The van der Waals surface area contributed by atoms with Crippen molar-refractivity contribution in [2.24, 2.45) is 4.99 Å². The van der Waals surface area contributed by atoms with Crippen molar-refractivity contribution in [3.05, 3.63) is 102 Å². The molecule has 0 aliphatic carbocycles. The molecule has 0 saturated heterocycles. The van der Waals surface area contributed by atoms with Crippen molar-refractivity contribution < 1.29 is 4.79 Å². The van der Waals surface area contributed by atoms with E-state index in [1.807, 2.05) is 91.0 Å². The Balaban J connectivity index is 1.88. The molecule has 0 heterocycles. The van der Waals surface area contributed by atoms with E-state index in [1.54, 1.807) is 0 Å². The molecule has 2 N–H and O–H groups in total. The molecule has 0 atom stereocenters. The third kappa shape index (κ3) is 5.56. The number of benzene rings is 3. The van der Waals surface area contributed by atoms with Gasteiger partial charge in [0.05, 0.1) is 10.7 Å². The van der Waals surface area contributed by atoms with Crippen molar-refractivity contribution in [1.29, 1.82) is 0 Å². The molecule has 3 aromatic rings. The molecule has 0 bridgehead atoms.